The first-order valence-corrected chi connectivity index (χ1v) is 7.22. The van der Waals surface area contributed by atoms with Gasteiger partial charge >= 0.3 is 0 Å². The molecule has 0 aliphatic heterocycles. The third-order valence-corrected chi connectivity index (χ3v) is 4.38. The Kier molecular flexibility index (Phi) is 3.58. The Morgan fingerprint density at radius 2 is 2.00 bits per heavy atom. The molecule has 0 saturated heterocycles. The van der Waals surface area contributed by atoms with Gasteiger partial charge in [0.15, 0.2) is 0 Å². The van der Waals surface area contributed by atoms with Crippen molar-refractivity contribution in [3.8, 4) is 0 Å². The van der Waals surface area contributed by atoms with Crippen molar-refractivity contribution in [3.05, 3.63) is 70.5 Å². The van der Waals surface area contributed by atoms with E-state index in [-0.39, 0.29) is 11.9 Å². The Morgan fingerprint density at radius 1 is 1.20 bits per heavy atom. The third kappa shape index (κ3) is 2.25. The summed E-state index contributed by atoms with van der Waals surface area (Å²) in [6.07, 6.45) is 2.17. The van der Waals surface area contributed by atoms with Crippen molar-refractivity contribution in [2.24, 2.45) is 0 Å². The maximum atomic E-state index is 14.2. The molecular formula is C18H20FN. The molecule has 1 N–H and O–H groups in total. The largest absolute Gasteiger partial charge is 0.312 e. The van der Waals surface area contributed by atoms with Crippen molar-refractivity contribution in [3.63, 3.8) is 0 Å². The minimum absolute atomic E-state index is 0.0403. The zero-order valence-electron chi connectivity index (χ0n) is 12.0. The van der Waals surface area contributed by atoms with Crippen LogP contribution >= 0.6 is 0 Å². The predicted octanol–water partition coefficient (Wildman–Crippen LogP) is 4.12. The van der Waals surface area contributed by atoms with E-state index in [0.717, 1.165) is 24.0 Å². The van der Waals surface area contributed by atoms with Crippen molar-refractivity contribution in [2.45, 2.75) is 31.7 Å². The molecule has 0 bridgehead atoms. The van der Waals surface area contributed by atoms with Gasteiger partial charge in [-0.2, -0.15) is 0 Å². The highest BCUT2D eigenvalue weighted by atomic mass is 19.1. The average Bonchev–Trinajstić information content (AvgIpc) is 2.88. The second-order valence-corrected chi connectivity index (χ2v) is 5.64. The SMILES string of the molecule is CNC(c1cc(C)ccc1F)C1CCc2ccccc21. The number of aryl methyl sites for hydroxylation is 2. The van der Waals surface area contributed by atoms with Crippen molar-refractivity contribution in [2.75, 3.05) is 7.05 Å². The Hall–Kier alpha value is -1.67. The first kappa shape index (κ1) is 13.3. The summed E-state index contributed by atoms with van der Waals surface area (Å²) in [6.45, 7) is 2.01. The van der Waals surface area contributed by atoms with E-state index >= 15 is 0 Å². The molecule has 2 atom stereocenters. The summed E-state index contributed by atoms with van der Waals surface area (Å²) in [7, 11) is 1.92. The molecule has 20 heavy (non-hydrogen) atoms. The number of rotatable bonds is 3. The lowest BCUT2D eigenvalue weighted by atomic mass is 9.87. The molecule has 0 heterocycles. The van der Waals surface area contributed by atoms with Crippen LogP contribution in [0.4, 0.5) is 4.39 Å². The van der Waals surface area contributed by atoms with Gasteiger partial charge in [0.2, 0.25) is 0 Å². The Morgan fingerprint density at radius 3 is 2.80 bits per heavy atom. The van der Waals surface area contributed by atoms with Crippen LogP contribution in [0.1, 0.15) is 40.6 Å². The van der Waals surface area contributed by atoms with Crippen LogP contribution in [-0.2, 0) is 6.42 Å². The van der Waals surface area contributed by atoms with E-state index in [0.29, 0.717) is 5.92 Å². The first-order chi connectivity index (χ1) is 9.70. The fraction of sp³-hybridized carbons (Fsp3) is 0.333. The highest BCUT2D eigenvalue weighted by Gasteiger charge is 2.31. The summed E-state index contributed by atoms with van der Waals surface area (Å²) < 4.78 is 14.2. The fourth-order valence-electron chi connectivity index (χ4n) is 3.41. The van der Waals surface area contributed by atoms with Crippen LogP contribution in [0.15, 0.2) is 42.5 Å². The van der Waals surface area contributed by atoms with Crippen LogP contribution in [0.2, 0.25) is 0 Å². The maximum absolute atomic E-state index is 14.2. The second-order valence-electron chi connectivity index (χ2n) is 5.64. The zero-order chi connectivity index (χ0) is 14.1. The Balaban J connectivity index is 2.01. The van der Waals surface area contributed by atoms with Gasteiger partial charge in [0.1, 0.15) is 5.82 Å². The first-order valence-electron chi connectivity index (χ1n) is 7.22. The quantitative estimate of drug-likeness (QED) is 0.883. The fourth-order valence-corrected chi connectivity index (χ4v) is 3.41. The molecule has 2 aromatic rings. The minimum Gasteiger partial charge on any atom is -0.312 e. The third-order valence-electron chi connectivity index (χ3n) is 4.38. The summed E-state index contributed by atoms with van der Waals surface area (Å²) in [6, 6.07) is 14.0. The van der Waals surface area contributed by atoms with E-state index in [1.807, 2.05) is 26.1 Å². The van der Waals surface area contributed by atoms with Gasteiger partial charge in [-0.3, -0.25) is 0 Å². The summed E-state index contributed by atoms with van der Waals surface area (Å²) >= 11 is 0. The van der Waals surface area contributed by atoms with E-state index < -0.39 is 0 Å². The molecule has 1 nitrogen and oxygen atoms in total. The van der Waals surface area contributed by atoms with E-state index in [1.54, 1.807) is 6.07 Å². The standard InChI is InChI=1S/C18H20FN/c1-12-7-10-17(19)16(11-12)18(20-2)15-9-8-13-5-3-4-6-14(13)15/h3-7,10-11,15,18,20H,8-9H2,1-2H3. The Labute approximate surface area is 119 Å². The molecule has 0 fully saturated rings. The number of nitrogens with one attached hydrogen (secondary N) is 1. The van der Waals surface area contributed by atoms with Crippen LogP contribution in [0, 0.1) is 12.7 Å². The normalized spacial score (nSPS) is 18.9. The van der Waals surface area contributed by atoms with Gasteiger partial charge in [-0.25, -0.2) is 4.39 Å². The van der Waals surface area contributed by atoms with E-state index in [4.69, 9.17) is 0 Å². The van der Waals surface area contributed by atoms with Crippen LogP contribution < -0.4 is 5.32 Å². The number of benzene rings is 2. The van der Waals surface area contributed by atoms with Gasteiger partial charge < -0.3 is 5.32 Å². The molecule has 0 radical (unpaired) electrons. The van der Waals surface area contributed by atoms with E-state index in [2.05, 4.69) is 29.6 Å². The number of halogens is 1. The summed E-state index contributed by atoms with van der Waals surface area (Å²) in [5, 5.41) is 3.33. The van der Waals surface area contributed by atoms with Crippen LogP contribution in [-0.4, -0.2) is 7.05 Å². The molecule has 2 heteroatoms. The number of likely N-dealkylation sites (N-methyl/N-ethyl adjacent to an activating group) is 1. The average molecular weight is 269 g/mol. The molecule has 1 aliphatic rings. The zero-order valence-corrected chi connectivity index (χ0v) is 12.0. The number of hydrogen-bond acceptors (Lipinski definition) is 1. The lowest BCUT2D eigenvalue weighted by Gasteiger charge is -2.25. The molecular weight excluding hydrogens is 249 g/mol. The lowest BCUT2D eigenvalue weighted by Crippen LogP contribution is -2.24. The molecule has 3 rings (SSSR count). The summed E-state index contributed by atoms with van der Waals surface area (Å²) in [5.74, 6) is 0.242. The van der Waals surface area contributed by atoms with Crippen LogP contribution in [0.5, 0.6) is 0 Å². The van der Waals surface area contributed by atoms with Crippen molar-refractivity contribution < 1.29 is 4.39 Å². The number of fused-ring (bicyclic) bond motifs is 1. The molecule has 104 valence electrons. The number of hydrogen-bond donors (Lipinski definition) is 1. The molecule has 0 amide bonds. The van der Waals surface area contributed by atoms with Gasteiger partial charge in [0.25, 0.3) is 0 Å². The highest BCUT2D eigenvalue weighted by molar-refractivity contribution is 5.39. The van der Waals surface area contributed by atoms with Crippen LogP contribution in [0.3, 0.4) is 0 Å². The van der Waals surface area contributed by atoms with Crippen molar-refractivity contribution >= 4 is 0 Å². The van der Waals surface area contributed by atoms with E-state index in [9.17, 15) is 4.39 Å². The maximum Gasteiger partial charge on any atom is 0.128 e. The molecule has 0 spiro atoms. The topological polar surface area (TPSA) is 12.0 Å². The minimum atomic E-state index is -0.112. The van der Waals surface area contributed by atoms with Crippen LogP contribution in [0.25, 0.3) is 0 Å². The van der Waals surface area contributed by atoms with Gasteiger partial charge in [0.05, 0.1) is 0 Å². The molecule has 1 aliphatic carbocycles. The molecule has 2 aromatic carbocycles. The smallest absolute Gasteiger partial charge is 0.128 e. The van der Waals surface area contributed by atoms with Gasteiger partial charge in [-0.15, -0.1) is 0 Å². The van der Waals surface area contributed by atoms with Crippen molar-refractivity contribution in [1.29, 1.82) is 0 Å². The van der Waals surface area contributed by atoms with Gasteiger partial charge in [0, 0.05) is 17.5 Å². The monoisotopic (exact) mass is 269 g/mol. The molecule has 0 aromatic heterocycles. The predicted molar refractivity (Wildman–Crippen MR) is 80.4 cm³/mol. The Bertz CT molecular complexity index is 621. The second kappa shape index (κ2) is 5.37. The lowest BCUT2D eigenvalue weighted by molar-refractivity contribution is 0.454. The highest BCUT2D eigenvalue weighted by Crippen LogP contribution is 2.42. The van der Waals surface area contributed by atoms with Crippen molar-refractivity contribution in [1.82, 2.24) is 5.32 Å². The summed E-state index contributed by atoms with van der Waals surface area (Å²) in [5.41, 5.74) is 4.67. The van der Waals surface area contributed by atoms with E-state index in [1.165, 1.54) is 11.1 Å². The summed E-state index contributed by atoms with van der Waals surface area (Å²) in [4.78, 5) is 0. The van der Waals surface area contributed by atoms with Gasteiger partial charge in [-0.1, -0.05) is 42.0 Å². The molecule has 2 unspecified atom stereocenters. The van der Waals surface area contributed by atoms with Gasteiger partial charge in [-0.05, 0) is 44.0 Å². The molecule has 0 saturated carbocycles.